The van der Waals surface area contributed by atoms with Gasteiger partial charge in [0.2, 0.25) is 0 Å². The molecule has 1 heterocycles. The van der Waals surface area contributed by atoms with Gasteiger partial charge in [0, 0.05) is 42.7 Å². The van der Waals surface area contributed by atoms with Crippen molar-refractivity contribution in [1.82, 2.24) is 15.2 Å². The molecule has 0 fully saturated rings. The maximum atomic E-state index is 14.3. The van der Waals surface area contributed by atoms with Gasteiger partial charge in [-0.3, -0.25) is 4.98 Å². The van der Waals surface area contributed by atoms with Gasteiger partial charge in [0.05, 0.1) is 0 Å². The third-order valence-corrected chi connectivity index (χ3v) is 5.79. The minimum Gasteiger partial charge on any atom is -0.508 e. The first-order chi connectivity index (χ1) is 20.1. The zero-order valence-corrected chi connectivity index (χ0v) is 28.0. The Morgan fingerprint density at radius 1 is 1.02 bits per heavy atom. The first-order valence-corrected chi connectivity index (χ1v) is 14.5. The molecule has 0 aliphatic heterocycles. The van der Waals surface area contributed by atoms with E-state index in [9.17, 15) is 23.4 Å². The molecule has 1 aromatic carbocycles. The average Bonchev–Trinajstić information content (AvgIpc) is 2.94. The Morgan fingerprint density at radius 3 is 2.07 bits per heavy atom. The summed E-state index contributed by atoms with van der Waals surface area (Å²) >= 11 is 0. The number of benzene rings is 1. The van der Waals surface area contributed by atoms with Crippen molar-refractivity contribution in [3.8, 4) is 16.9 Å². The largest absolute Gasteiger partial charge is 0.508 e. The third kappa shape index (κ3) is 15.1. The number of aromatic hydroxyl groups is 1. The van der Waals surface area contributed by atoms with E-state index in [4.69, 9.17) is 0 Å². The lowest BCUT2D eigenvalue weighted by Crippen LogP contribution is -2.50. The van der Waals surface area contributed by atoms with E-state index in [1.807, 2.05) is 59.8 Å². The minimum absolute atomic E-state index is 0.135. The summed E-state index contributed by atoms with van der Waals surface area (Å²) in [6, 6.07) is 8.36. The van der Waals surface area contributed by atoms with Crippen LogP contribution in [0.5, 0.6) is 5.75 Å². The van der Waals surface area contributed by atoms with Crippen LogP contribution in [0.3, 0.4) is 0 Å². The second-order valence-corrected chi connectivity index (χ2v) is 10.5. The van der Waals surface area contributed by atoms with E-state index in [0.29, 0.717) is 16.7 Å². The van der Waals surface area contributed by atoms with E-state index >= 15 is 0 Å². The highest BCUT2D eigenvalue weighted by atomic mass is 19.4. The Labute approximate surface area is 258 Å². The van der Waals surface area contributed by atoms with Gasteiger partial charge in [0.25, 0.3) is 0 Å². The van der Waals surface area contributed by atoms with E-state index < -0.39 is 30.0 Å². The van der Waals surface area contributed by atoms with Crippen LogP contribution in [0.2, 0.25) is 0 Å². The lowest BCUT2D eigenvalue weighted by atomic mass is 9.72. The maximum Gasteiger partial charge on any atom is 0.417 e. The van der Waals surface area contributed by atoms with E-state index in [1.54, 1.807) is 81.7 Å². The monoisotopic (exact) mass is 605 g/mol. The van der Waals surface area contributed by atoms with E-state index in [1.165, 1.54) is 13.1 Å². The SMILES string of the molecule is C=C\C=C/C=C(C)/C=C(/CC(O)(CC(C)(C)c1cc(-c2cccnc2)ccc1O)C(F)(F)F)NC.CC.CC.CN(C)C. The number of nitrogens with zero attached hydrogens (tertiary/aromatic N) is 2. The molecule has 0 spiro atoms. The molecule has 43 heavy (non-hydrogen) atoms. The number of hydrogen-bond donors (Lipinski definition) is 3. The molecule has 8 heteroatoms. The number of allylic oxidation sites excluding steroid dienone is 6. The van der Waals surface area contributed by atoms with Crippen LogP contribution in [-0.4, -0.2) is 60.1 Å². The molecular weight excluding hydrogens is 551 g/mol. The molecule has 242 valence electrons. The van der Waals surface area contributed by atoms with Crippen molar-refractivity contribution < 1.29 is 23.4 Å². The van der Waals surface area contributed by atoms with Crippen molar-refractivity contribution in [3.63, 3.8) is 0 Å². The van der Waals surface area contributed by atoms with E-state index in [0.717, 1.165) is 5.56 Å². The van der Waals surface area contributed by atoms with E-state index in [-0.39, 0.29) is 11.4 Å². The van der Waals surface area contributed by atoms with Gasteiger partial charge in [-0.25, -0.2) is 0 Å². The van der Waals surface area contributed by atoms with Gasteiger partial charge in [-0.2, -0.15) is 13.2 Å². The second kappa shape index (κ2) is 20.5. The highest BCUT2D eigenvalue weighted by Crippen LogP contribution is 2.46. The lowest BCUT2D eigenvalue weighted by Gasteiger charge is -2.38. The molecule has 3 N–H and O–H groups in total. The molecule has 1 unspecified atom stereocenters. The smallest absolute Gasteiger partial charge is 0.417 e. The number of aromatic nitrogens is 1. The molecule has 1 atom stereocenters. The van der Waals surface area contributed by atoms with Crippen LogP contribution in [0.1, 0.15) is 66.9 Å². The number of alkyl halides is 3. The summed E-state index contributed by atoms with van der Waals surface area (Å²) in [7, 11) is 7.52. The van der Waals surface area contributed by atoms with Gasteiger partial charge in [-0.05, 0) is 75.3 Å². The van der Waals surface area contributed by atoms with Crippen molar-refractivity contribution in [2.75, 3.05) is 28.2 Å². The normalized spacial score (nSPS) is 13.5. The van der Waals surface area contributed by atoms with Crippen LogP contribution < -0.4 is 5.32 Å². The fourth-order valence-electron chi connectivity index (χ4n) is 4.02. The maximum absolute atomic E-state index is 14.3. The number of phenolic OH excluding ortho intramolecular Hbond substituents is 1. The summed E-state index contributed by atoms with van der Waals surface area (Å²) in [5.41, 5.74) is -1.54. The molecule has 0 saturated heterocycles. The number of nitrogens with one attached hydrogen (secondary N) is 1. The molecule has 2 aromatic rings. The molecule has 0 radical (unpaired) electrons. The Balaban J connectivity index is 0. The van der Waals surface area contributed by atoms with Gasteiger partial charge in [0.1, 0.15) is 5.75 Å². The van der Waals surface area contributed by atoms with Crippen LogP contribution in [0.15, 0.2) is 91.0 Å². The quantitative estimate of drug-likeness (QED) is 0.236. The predicted octanol–water partition coefficient (Wildman–Crippen LogP) is 8.83. The Bertz CT molecular complexity index is 1150. The van der Waals surface area contributed by atoms with Gasteiger partial charge in [-0.15, -0.1) is 0 Å². The fraction of sp³-hybridized carbons (Fsp3) is 0.457. The summed E-state index contributed by atoms with van der Waals surface area (Å²) < 4.78 is 42.8. The van der Waals surface area contributed by atoms with Crippen molar-refractivity contribution in [3.05, 3.63) is 96.5 Å². The molecule has 1 aromatic heterocycles. The molecule has 0 saturated carbocycles. The molecule has 0 bridgehead atoms. The van der Waals surface area contributed by atoms with Crippen molar-refractivity contribution >= 4 is 0 Å². The van der Waals surface area contributed by atoms with Gasteiger partial charge >= 0.3 is 6.18 Å². The van der Waals surface area contributed by atoms with Crippen LogP contribution in [-0.2, 0) is 5.41 Å². The topological polar surface area (TPSA) is 68.6 Å². The summed E-state index contributed by atoms with van der Waals surface area (Å²) in [5.74, 6) is -0.135. The Morgan fingerprint density at radius 2 is 1.60 bits per heavy atom. The zero-order valence-electron chi connectivity index (χ0n) is 28.0. The molecule has 2 rings (SSSR count). The zero-order chi connectivity index (χ0) is 33.9. The minimum atomic E-state index is -4.91. The van der Waals surface area contributed by atoms with Gasteiger partial charge < -0.3 is 20.4 Å². The first-order valence-electron chi connectivity index (χ1n) is 14.5. The molecule has 0 aliphatic rings. The van der Waals surface area contributed by atoms with Gasteiger partial charge in [-0.1, -0.05) is 84.6 Å². The van der Waals surface area contributed by atoms with Crippen LogP contribution >= 0.6 is 0 Å². The fourth-order valence-corrected chi connectivity index (χ4v) is 4.02. The van der Waals surface area contributed by atoms with Crippen LogP contribution in [0, 0.1) is 0 Å². The first kappa shape index (κ1) is 41.8. The highest BCUT2D eigenvalue weighted by molar-refractivity contribution is 5.65. The summed E-state index contributed by atoms with van der Waals surface area (Å²) in [4.78, 5) is 6.08. The highest BCUT2D eigenvalue weighted by Gasteiger charge is 2.56. The third-order valence-electron chi connectivity index (χ3n) is 5.79. The van der Waals surface area contributed by atoms with Crippen LogP contribution in [0.25, 0.3) is 11.1 Å². The summed E-state index contributed by atoms with van der Waals surface area (Å²) in [6.07, 6.45) is 5.35. The van der Waals surface area contributed by atoms with Crippen molar-refractivity contribution in [2.45, 2.75) is 78.5 Å². The van der Waals surface area contributed by atoms with Gasteiger partial charge in [0.15, 0.2) is 5.60 Å². The molecule has 0 aliphatic carbocycles. The molecular formula is C35H54F3N3O2. The van der Waals surface area contributed by atoms with Crippen LogP contribution in [0.4, 0.5) is 13.2 Å². The summed E-state index contributed by atoms with van der Waals surface area (Å²) in [6.45, 7) is 16.5. The Hall–Kier alpha value is -3.36. The second-order valence-electron chi connectivity index (χ2n) is 10.5. The number of rotatable bonds is 10. The average molecular weight is 606 g/mol. The number of pyridine rings is 1. The van der Waals surface area contributed by atoms with Crippen molar-refractivity contribution in [1.29, 1.82) is 0 Å². The molecule has 5 nitrogen and oxygen atoms in total. The molecule has 0 amide bonds. The number of halogens is 3. The number of hydrogen-bond acceptors (Lipinski definition) is 5. The predicted molar refractivity (Wildman–Crippen MR) is 177 cm³/mol. The number of phenols is 1. The lowest BCUT2D eigenvalue weighted by molar-refractivity contribution is -0.266. The van der Waals surface area contributed by atoms with Crippen molar-refractivity contribution in [2.24, 2.45) is 0 Å². The standard InChI is InChI=1S/C28H33F3N2O2.C3H9N.2C2H6/c1-6-7-8-10-20(2)15-23(32-5)17-27(35,28(29,30)31)19-26(3,4)24-16-21(12-13-25(24)34)22-11-9-14-33-18-22;1-4(2)3;2*1-2/h6-16,18,32,34-35H,1,17,19H2,2-5H3;1-3H3;2*1-2H3/b8-7-,20-10+,23-15-;;;. The van der Waals surface area contributed by atoms with E-state index in [2.05, 4.69) is 16.9 Å². The number of aliphatic hydroxyl groups is 1. The summed E-state index contributed by atoms with van der Waals surface area (Å²) in [5, 5.41) is 24.3. The Kier molecular flexibility index (Phi) is 19.9.